The van der Waals surface area contributed by atoms with E-state index >= 15 is 0 Å². The highest BCUT2D eigenvalue weighted by Crippen LogP contribution is 2.32. The highest BCUT2D eigenvalue weighted by molar-refractivity contribution is 5.94. The van der Waals surface area contributed by atoms with E-state index in [0.717, 1.165) is 49.0 Å². The first kappa shape index (κ1) is 21.1. The quantitative estimate of drug-likeness (QED) is 0.587. The number of aromatic nitrogens is 3. The zero-order valence-electron chi connectivity index (χ0n) is 18.4. The zero-order valence-corrected chi connectivity index (χ0v) is 18.4. The van der Waals surface area contributed by atoms with Crippen molar-refractivity contribution in [1.82, 2.24) is 24.3 Å². The van der Waals surface area contributed by atoms with Crippen molar-refractivity contribution in [2.75, 3.05) is 33.8 Å². The number of hydrogen-bond acceptors (Lipinski definition) is 5. The fraction of sp³-hybridized carbons (Fsp3) is 0.375. The summed E-state index contributed by atoms with van der Waals surface area (Å²) in [6.45, 7) is 4.15. The van der Waals surface area contributed by atoms with Crippen LogP contribution in [0, 0.1) is 6.92 Å². The van der Waals surface area contributed by atoms with Gasteiger partial charge in [0.25, 0.3) is 5.91 Å². The fourth-order valence-electron chi connectivity index (χ4n) is 3.90. The molecule has 0 saturated carbocycles. The molecule has 1 amide bonds. The number of likely N-dealkylation sites (tertiary alicyclic amines) is 1. The SMILES string of the molecule is Cc1nccn1-c1cccc([C@@H]2CCCN2C(=O)c2ccc(OCCN(C)C)cc2)n1. The average Bonchev–Trinajstić information content (AvgIpc) is 3.43. The van der Waals surface area contributed by atoms with Gasteiger partial charge >= 0.3 is 0 Å². The fourth-order valence-corrected chi connectivity index (χ4v) is 3.90. The summed E-state index contributed by atoms with van der Waals surface area (Å²) < 4.78 is 7.70. The van der Waals surface area contributed by atoms with Crippen LogP contribution in [-0.2, 0) is 0 Å². The lowest BCUT2D eigenvalue weighted by molar-refractivity contribution is 0.0733. The standard InChI is InChI=1S/C24H29N5O2/c1-18-25-13-15-28(18)23-8-4-6-21(26-23)22-7-5-14-29(22)24(30)19-9-11-20(12-10-19)31-17-16-27(2)3/h4,6,8-13,15,22H,5,7,14,16-17H2,1-3H3/t22-/m0/s1. The molecule has 0 unspecified atom stereocenters. The monoisotopic (exact) mass is 419 g/mol. The Kier molecular flexibility index (Phi) is 6.32. The predicted octanol–water partition coefficient (Wildman–Crippen LogP) is 3.49. The van der Waals surface area contributed by atoms with Gasteiger partial charge in [-0.05, 0) is 70.3 Å². The van der Waals surface area contributed by atoms with Gasteiger partial charge in [0.1, 0.15) is 24.0 Å². The van der Waals surface area contributed by atoms with Gasteiger partial charge < -0.3 is 14.5 Å². The summed E-state index contributed by atoms with van der Waals surface area (Å²) in [6, 6.07) is 13.4. The molecule has 3 heterocycles. The summed E-state index contributed by atoms with van der Waals surface area (Å²) in [5.41, 5.74) is 1.59. The topological polar surface area (TPSA) is 63.5 Å². The zero-order chi connectivity index (χ0) is 21.8. The Labute approximate surface area is 183 Å². The van der Waals surface area contributed by atoms with Crippen LogP contribution in [0.2, 0.25) is 0 Å². The molecular weight excluding hydrogens is 390 g/mol. The van der Waals surface area contributed by atoms with Crippen molar-refractivity contribution >= 4 is 5.91 Å². The molecule has 1 fully saturated rings. The summed E-state index contributed by atoms with van der Waals surface area (Å²) >= 11 is 0. The van der Waals surface area contributed by atoms with E-state index in [1.807, 2.05) is 79.1 Å². The minimum Gasteiger partial charge on any atom is -0.492 e. The number of benzene rings is 1. The third-order valence-corrected chi connectivity index (χ3v) is 5.59. The number of ether oxygens (including phenoxy) is 1. The molecule has 1 atom stereocenters. The second kappa shape index (κ2) is 9.31. The Hall–Kier alpha value is -3.19. The van der Waals surface area contributed by atoms with E-state index in [4.69, 9.17) is 9.72 Å². The first-order chi connectivity index (χ1) is 15.0. The highest BCUT2D eigenvalue weighted by Gasteiger charge is 2.31. The van der Waals surface area contributed by atoms with Crippen LogP contribution in [0.25, 0.3) is 5.82 Å². The van der Waals surface area contributed by atoms with Gasteiger partial charge in [0.2, 0.25) is 0 Å². The molecule has 7 heteroatoms. The van der Waals surface area contributed by atoms with Gasteiger partial charge in [-0.1, -0.05) is 6.07 Å². The number of likely N-dealkylation sites (N-methyl/N-ethyl adjacent to an activating group) is 1. The molecule has 31 heavy (non-hydrogen) atoms. The van der Waals surface area contributed by atoms with E-state index in [2.05, 4.69) is 9.88 Å². The van der Waals surface area contributed by atoms with Crippen molar-refractivity contribution in [3.8, 4) is 11.6 Å². The van der Waals surface area contributed by atoms with Crippen LogP contribution in [0.15, 0.2) is 54.9 Å². The lowest BCUT2D eigenvalue weighted by Crippen LogP contribution is -2.31. The number of imidazole rings is 1. The molecule has 0 spiro atoms. The Morgan fingerprint density at radius 2 is 2.00 bits per heavy atom. The van der Waals surface area contributed by atoms with Crippen LogP contribution in [0.4, 0.5) is 0 Å². The van der Waals surface area contributed by atoms with Gasteiger partial charge in [-0.3, -0.25) is 9.36 Å². The van der Waals surface area contributed by atoms with Crippen molar-refractivity contribution < 1.29 is 9.53 Å². The highest BCUT2D eigenvalue weighted by atomic mass is 16.5. The van der Waals surface area contributed by atoms with E-state index in [1.54, 1.807) is 6.20 Å². The van der Waals surface area contributed by atoms with E-state index in [1.165, 1.54) is 0 Å². The van der Waals surface area contributed by atoms with Gasteiger partial charge in [-0.2, -0.15) is 0 Å². The summed E-state index contributed by atoms with van der Waals surface area (Å²) in [5, 5.41) is 0. The maximum absolute atomic E-state index is 13.2. The molecule has 0 N–H and O–H groups in total. The van der Waals surface area contributed by atoms with Gasteiger partial charge in [-0.25, -0.2) is 9.97 Å². The Morgan fingerprint density at radius 1 is 1.19 bits per heavy atom. The first-order valence-corrected chi connectivity index (χ1v) is 10.7. The van der Waals surface area contributed by atoms with Crippen LogP contribution >= 0.6 is 0 Å². The number of nitrogens with zero attached hydrogens (tertiary/aromatic N) is 5. The lowest BCUT2D eigenvalue weighted by Gasteiger charge is -2.25. The van der Waals surface area contributed by atoms with Crippen molar-refractivity contribution in [3.05, 3.63) is 71.9 Å². The predicted molar refractivity (Wildman–Crippen MR) is 120 cm³/mol. The van der Waals surface area contributed by atoms with Crippen molar-refractivity contribution in [1.29, 1.82) is 0 Å². The summed E-state index contributed by atoms with van der Waals surface area (Å²) in [7, 11) is 4.03. The summed E-state index contributed by atoms with van der Waals surface area (Å²) in [6.07, 6.45) is 5.55. The van der Waals surface area contributed by atoms with E-state index < -0.39 is 0 Å². The number of hydrogen-bond donors (Lipinski definition) is 0. The number of pyridine rings is 1. The molecule has 4 rings (SSSR count). The third kappa shape index (κ3) is 4.77. The number of aryl methyl sites for hydroxylation is 1. The molecule has 0 radical (unpaired) electrons. The van der Waals surface area contributed by atoms with Gasteiger partial charge in [0, 0.05) is 31.0 Å². The van der Waals surface area contributed by atoms with E-state index in [9.17, 15) is 4.79 Å². The van der Waals surface area contributed by atoms with Gasteiger partial charge in [0.05, 0.1) is 11.7 Å². The first-order valence-electron chi connectivity index (χ1n) is 10.7. The number of amides is 1. The maximum Gasteiger partial charge on any atom is 0.254 e. The Bertz CT molecular complexity index is 1030. The normalized spacial score (nSPS) is 16.1. The van der Waals surface area contributed by atoms with Crippen molar-refractivity contribution in [3.63, 3.8) is 0 Å². The molecule has 7 nitrogen and oxygen atoms in total. The van der Waals surface area contributed by atoms with Crippen molar-refractivity contribution in [2.24, 2.45) is 0 Å². The molecule has 1 aliphatic rings. The molecule has 2 aromatic heterocycles. The van der Waals surface area contributed by atoms with Gasteiger partial charge in [-0.15, -0.1) is 0 Å². The van der Waals surface area contributed by atoms with Crippen LogP contribution in [0.5, 0.6) is 5.75 Å². The lowest BCUT2D eigenvalue weighted by atomic mass is 10.1. The van der Waals surface area contributed by atoms with Crippen LogP contribution in [0.3, 0.4) is 0 Å². The third-order valence-electron chi connectivity index (χ3n) is 5.59. The smallest absolute Gasteiger partial charge is 0.254 e. The number of carbonyl (C=O) groups is 1. The molecule has 1 aromatic carbocycles. The molecule has 0 bridgehead atoms. The second-order valence-electron chi connectivity index (χ2n) is 8.10. The largest absolute Gasteiger partial charge is 0.492 e. The van der Waals surface area contributed by atoms with Gasteiger partial charge in [0.15, 0.2) is 0 Å². The van der Waals surface area contributed by atoms with E-state index in [0.29, 0.717) is 12.2 Å². The minimum atomic E-state index is -0.0210. The van der Waals surface area contributed by atoms with E-state index in [-0.39, 0.29) is 11.9 Å². The second-order valence-corrected chi connectivity index (χ2v) is 8.10. The molecular formula is C24H29N5O2. The number of rotatable bonds is 7. The van der Waals surface area contributed by atoms with Crippen molar-refractivity contribution in [2.45, 2.75) is 25.8 Å². The molecule has 1 saturated heterocycles. The Balaban J connectivity index is 1.48. The molecule has 3 aromatic rings. The van der Waals surface area contributed by atoms with Crippen LogP contribution in [-0.4, -0.2) is 64.0 Å². The maximum atomic E-state index is 13.2. The van der Waals surface area contributed by atoms with Crippen LogP contribution < -0.4 is 4.74 Å². The number of carbonyl (C=O) groups excluding carboxylic acids is 1. The molecule has 0 aliphatic carbocycles. The average molecular weight is 420 g/mol. The van der Waals surface area contributed by atoms with Crippen LogP contribution in [0.1, 0.15) is 40.8 Å². The summed E-state index contributed by atoms with van der Waals surface area (Å²) in [4.78, 5) is 26.4. The molecule has 1 aliphatic heterocycles. The summed E-state index contributed by atoms with van der Waals surface area (Å²) in [5.74, 6) is 2.53. The minimum absolute atomic E-state index is 0.0210. The molecule has 162 valence electrons. The Morgan fingerprint density at radius 3 is 2.71 bits per heavy atom.